The number of amides is 1. The molecule has 1 aliphatic rings. The van der Waals surface area contributed by atoms with E-state index in [0.29, 0.717) is 44.2 Å². The molecule has 0 bridgehead atoms. The monoisotopic (exact) mass is 518 g/mol. The van der Waals surface area contributed by atoms with Gasteiger partial charge in [0.05, 0.1) is 20.8 Å². The smallest absolute Gasteiger partial charge is 0.302 e. The van der Waals surface area contributed by atoms with E-state index in [9.17, 15) is 4.79 Å². The number of carbonyl (C=O) groups is 1. The van der Waals surface area contributed by atoms with Crippen molar-refractivity contribution in [2.45, 2.75) is 13.0 Å². The number of allylic oxidation sites excluding steroid dienone is 1. The number of guanidine groups is 1. The molecule has 6 rings (SSSR count). The van der Waals surface area contributed by atoms with Crippen LogP contribution in [0.25, 0.3) is 21.3 Å². The number of fused-ring (bicyclic) bond motifs is 2. The number of nitrogens with zero attached hydrogens (tertiary/aromatic N) is 5. The Hall–Kier alpha value is -4.22. The molecule has 0 radical (unpaired) electrons. The molecule has 1 atom stereocenters. The maximum Gasteiger partial charge on any atom is 0.302 e. The van der Waals surface area contributed by atoms with E-state index < -0.39 is 6.04 Å². The Morgan fingerprint density at radius 1 is 1.14 bits per heavy atom. The third kappa shape index (κ3) is 4.08. The summed E-state index contributed by atoms with van der Waals surface area (Å²) in [6.07, 6.45) is 1.67. The lowest BCUT2D eigenvalue weighted by molar-refractivity contribution is -0.113. The number of oxazole rings is 1. The van der Waals surface area contributed by atoms with Gasteiger partial charge in [-0.2, -0.15) is 10.1 Å². The van der Waals surface area contributed by atoms with Gasteiger partial charge in [0, 0.05) is 18.9 Å². The lowest BCUT2D eigenvalue weighted by Gasteiger charge is -2.25. The number of nitrogens with one attached hydrogen (secondary N) is 3. The van der Waals surface area contributed by atoms with Gasteiger partial charge in [0.15, 0.2) is 10.7 Å². The first-order valence-electron chi connectivity index (χ1n) is 11.0. The van der Waals surface area contributed by atoms with E-state index in [1.165, 1.54) is 11.3 Å². The van der Waals surface area contributed by atoms with Gasteiger partial charge >= 0.3 is 6.01 Å². The van der Waals surface area contributed by atoms with Crippen molar-refractivity contribution in [1.82, 2.24) is 25.1 Å². The van der Waals surface area contributed by atoms with Crippen LogP contribution in [-0.2, 0) is 11.8 Å². The number of hydrogen-bond acceptors (Lipinski definition) is 9. The minimum Gasteiger partial charge on any atom is -0.423 e. The summed E-state index contributed by atoms with van der Waals surface area (Å²) >= 11 is 7.88. The third-order valence-electron chi connectivity index (χ3n) is 5.59. The fraction of sp³-hybridized carbons (Fsp3) is 0.125. The van der Waals surface area contributed by atoms with Gasteiger partial charge in [-0.3, -0.25) is 20.1 Å². The minimum absolute atomic E-state index is 0.267. The number of benzene rings is 2. The predicted molar refractivity (Wildman–Crippen MR) is 140 cm³/mol. The quantitative estimate of drug-likeness (QED) is 0.311. The average Bonchev–Trinajstić information content (AvgIpc) is 3.53. The molecule has 0 saturated carbocycles. The first-order chi connectivity index (χ1) is 17.4. The SMILES string of the molecule is CC1=C(C(=O)Nc2nc3ccccc3s2)C(c2nn(C)cc2Cl)N=C(Nc2nc3ccccc3o2)N1. The maximum absolute atomic E-state index is 13.5. The van der Waals surface area contributed by atoms with Crippen LogP contribution < -0.4 is 16.0 Å². The highest BCUT2D eigenvalue weighted by Crippen LogP contribution is 2.35. The summed E-state index contributed by atoms with van der Waals surface area (Å²) < 4.78 is 8.33. The lowest BCUT2D eigenvalue weighted by Crippen LogP contribution is -2.37. The van der Waals surface area contributed by atoms with Crippen LogP contribution in [-0.4, -0.2) is 31.6 Å². The molecule has 0 aliphatic carbocycles. The van der Waals surface area contributed by atoms with Crippen molar-refractivity contribution in [2.24, 2.45) is 12.0 Å². The van der Waals surface area contributed by atoms with Crippen molar-refractivity contribution in [1.29, 1.82) is 0 Å². The number of para-hydroxylation sites is 3. The molecule has 3 aromatic heterocycles. The van der Waals surface area contributed by atoms with Gasteiger partial charge in [-0.1, -0.05) is 47.2 Å². The van der Waals surface area contributed by atoms with Crippen LogP contribution in [0, 0.1) is 0 Å². The molecule has 0 fully saturated rings. The number of halogens is 1. The van der Waals surface area contributed by atoms with Crippen LogP contribution in [0.15, 0.2) is 75.4 Å². The molecule has 0 saturated heterocycles. The maximum atomic E-state index is 13.5. The van der Waals surface area contributed by atoms with E-state index >= 15 is 0 Å². The molecule has 1 amide bonds. The fourth-order valence-corrected chi connectivity index (χ4v) is 5.15. The van der Waals surface area contributed by atoms with Crippen LogP contribution >= 0.6 is 22.9 Å². The molecule has 4 heterocycles. The molecule has 10 nitrogen and oxygen atoms in total. The number of thiazole rings is 1. The van der Waals surface area contributed by atoms with Crippen LogP contribution in [0.4, 0.5) is 11.1 Å². The number of aryl methyl sites for hydroxylation is 1. The second-order valence-corrected chi connectivity index (χ2v) is 9.57. The summed E-state index contributed by atoms with van der Waals surface area (Å²) in [6, 6.07) is 14.6. The van der Waals surface area contributed by atoms with Crippen LogP contribution in [0.3, 0.4) is 0 Å². The van der Waals surface area contributed by atoms with Gasteiger partial charge < -0.3 is 9.73 Å². The first-order valence-corrected chi connectivity index (χ1v) is 12.2. The Morgan fingerprint density at radius 3 is 2.67 bits per heavy atom. The number of anilines is 2. The Labute approximate surface area is 213 Å². The highest BCUT2D eigenvalue weighted by Gasteiger charge is 2.33. The van der Waals surface area contributed by atoms with Crippen LogP contribution in [0.5, 0.6) is 0 Å². The Kier molecular flexibility index (Phi) is 5.42. The average molecular weight is 519 g/mol. The van der Waals surface area contributed by atoms with E-state index in [2.05, 4.69) is 31.0 Å². The fourth-order valence-electron chi connectivity index (χ4n) is 4.01. The number of rotatable bonds is 4. The second kappa shape index (κ2) is 8.77. The predicted octanol–water partition coefficient (Wildman–Crippen LogP) is 4.85. The van der Waals surface area contributed by atoms with Crippen molar-refractivity contribution in [3.8, 4) is 0 Å². The normalized spacial score (nSPS) is 15.8. The number of carbonyl (C=O) groups excluding carboxylic acids is 1. The molecule has 3 N–H and O–H groups in total. The molecule has 180 valence electrons. The van der Waals surface area contributed by atoms with Gasteiger partial charge in [-0.25, -0.2) is 9.98 Å². The zero-order chi connectivity index (χ0) is 24.8. The molecular weight excluding hydrogens is 500 g/mol. The Morgan fingerprint density at radius 2 is 1.92 bits per heavy atom. The number of aliphatic imine (C=N–C) groups is 1. The van der Waals surface area contributed by atoms with E-state index in [-0.39, 0.29) is 11.9 Å². The van der Waals surface area contributed by atoms with Crippen molar-refractivity contribution >= 4 is 67.3 Å². The summed E-state index contributed by atoms with van der Waals surface area (Å²) in [7, 11) is 1.76. The lowest BCUT2D eigenvalue weighted by atomic mass is 10.00. The molecule has 36 heavy (non-hydrogen) atoms. The van der Waals surface area contributed by atoms with Gasteiger partial charge in [-0.15, -0.1) is 0 Å². The molecule has 5 aromatic rings. The molecule has 1 unspecified atom stereocenters. The summed E-state index contributed by atoms with van der Waals surface area (Å²) in [4.78, 5) is 27.2. The largest absolute Gasteiger partial charge is 0.423 e. The van der Waals surface area contributed by atoms with Crippen molar-refractivity contribution in [3.63, 3.8) is 0 Å². The number of hydrogen-bond donors (Lipinski definition) is 3. The van der Waals surface area contributed by atoms with Gasteiger partial charge in [0.2, 0.25) is 5.96 Å². The van der Waals surface area contributed by atoms with Gasteiger partial charge in [0.1, 0.15) is 17.3 Å². The standard InChI is InChI=1S/C24H19ClN8O2S/c1-12-18(21(34)30-24-28-15-8-4-6-10-17(15)36-24)20(19-13(25)11-33(2)32-19)29-22(26-12)31-23-27-14-7-3-5-9-16(14)35-23/h3-11,20H,1-2H3,(H,28,30,34)(H2,26,27,29,31). The van der Waals surface area contributed by atoms with Crippen molar-refractivity contribution < 1.29 is 9.21 Å². The first kappa shape index (κ1) is 22.3. The van der Waals surface area contributed by atoms with E-state index in [1.807, 2.05) is 48.5 Å². The van der Waals surface area contributed by atoms with Crippen molar-refractivity contribution in [3.05, 3.63) is 76.7 Å². The van der Waals surface area contributed by atoms with Crippen LogP contribution in [0.2, 0.25) is 5.02 Å². The zero-order valence-corrected chi connectivity index (χ0v) is 20.7. The van der Waals surface area contributed by atoms with E-state index in [4.69, 9.17) is 21.0 Å². The highest BCUT2D eigenvalue weighted by atomic mass is 35.5. The van der Waals surface area contributed by atoms with E-state index in [0.717, 1.165) is 10.2 Å². The molecular formula is C24H19ClN8O2S. The summed E-state index contributed by atoms with van der Waals surface area (Å²) in [5, 5.41) is 14.5. The highest BCUT2D eigenvalue weighted by molar-refractivity contribution is 7.22. The minimum atomic E-state index is -0.777. The Balaban J connectivity index is 1.34. The zero-order valence-electron chi connectivity index (χ0n) is 19.1. The van der Waals surface area contributed by atoms with Gasteiger partial charge in [0.25, 0.3) is 5.91 Å². The van der Waals surface area contributed by atoms with E-state index in [1.54, 1.807) is 24.9 Å². The van der Waals surface area contributed by atoms with Gasteiger partial charge in [-0.05, 0) is 31.2 Å². The molecule has 0 spiro atoms. The summed E-state index contributed by atoms with van der Waals surface area (Å²) in [5.74, 6) is -0.00208. The summed E-state index contributed by atoms with van der Waals surface area (Å²) in [6.45, 7) is 1.79. The second-order valence-electron chi connectivity index (χ2n) is 8.13. The summed E-state index contributed by atoms with van der Waals surface area (Å²) in [5.41, 5.74) is 3.57. The third-order valence-corrected chi connectivity index (χ3v) is 6.83. The van der Waals surface area contributed by atoms with Crippen LogP contribution in [0.1, 0.15) is 18.7 Å². The topological polar surface area (TPSA) is 122 Å². The van der Waals surface area contributed by atoms with Crippen molar-refractivity contribution in [2.75, 3.05) is 10.6 Å². The Bertz CT molecular complexity index is 1630. The molecule has 1 aliphatic heterocycles. The number of aromatic nitrogens is 4. The molecule has 12 heteroatoms. The molecule has 2 aromatic carbocycles.